The van der Waals surface area contributed by atoms with Crippen LogP contribution in [0.3, 0.4) is 0 Å². The first-order valence-electron chi connectivity index (χ1n) is 12.5. The van der Waals surface area contributed by atoms with Gasteiger partial charge in [0.2, 0.25) is 0 Å². The highest BCUT2D eigenvalue weighted by molar-refractivity contribution is 6.08. The van der Waals surface area contributed by atoms with Gasteiger partial charge in [0.25, 0.3) is 5.91 Å². The molecule has 0 aliphatic carbocycles. The van der Waals surface area contributed by atoms with E-state index < -0.39 is 0 Å². The van der Waals surface area contributed by atoms with Crippen LogP contribution in [-0.4, -0.2) is 73.0 Å². The summed E-state index contributed by atoms with van der Waals surface area (Å²) < 4.78 is 7.63. The molecule has 0 unspecified atom stereocenters. The first kappa shape index (κ1) is 24.4. The molecule has 0 spiro atoms. The van der Waals surface area contributed by atoms with E-state index in [9.17, 15) is 4.79 Å². The van der Waals surface area contributed by atoms with Crippen molar-refractivity contribution in [2.75, 3.05) is 37.4 Å². The standard InChI is InChI=1S/C27H26N10O2/c1-17-14-19(4-6-22(17)39-20-10-13-37-24(15-20)32-33-34-37)30-26-25-21(28-16-29-26)5-7-23(31-25)36-12-9-18(27(36)38)8-11-35(2)3/h4-8,10,13-16H,9,11-12H2,1-3H3,(H,28,29,30)/b18-8+. The first-order chi connectivity index (χ1) is 18.9. The molecule has 0 radical (unpaired) electrons. The van der Waals surface area contributed by atoms with Crippen molar-refractivity contribution in [2.24, 2.45) is 0 Å². The van der Waals surface area contributed by atoms with Crippen molar-refractivity contribution < 1.29 is 9.53 Å². The number of rotatable bonds is 7. The summed E-state index contributed by atoms with van der Waals surface area (Å²) in [5.74, 6) is 2.46. The van der Waals surface area contributed by atoms with E-state index in [0.29, 0.717) is 52.8 Å². The molecule has 1 fully saturated rings. The van der Waals surface area contributed by atoms with Crippen LogP contribution in [0.2, 0.25) is 0 Å². The topological polar surface area (TPSA) is 127 Å². The molecule has 1 aliphatic rings. The van der Waals surface area contributed by atoms with Crippen molar-refractivity contribution in [3.05, 3.63) is 72.2 Å². The number of nitrogens with one attached hydrogen (secondary N) is 1. The Morgan fingerprint density at radius 3 is 2.87 bits per heavy atom. The fraction of sp³-hybridized carbons (Fsp3) is 0.222. The zero-order valence-corrected chi connectivity index (χ0v) is 21.7. The largest absolute Gasteiger partial charge is 0.457 e. The first-order valence-corrected chi connectivity index (χ1v) is 12.5. The summed E-state index contributed by atoms with van der Waals surface area (Å²) in [7, 11) is 3.96. The summed E-state index contributed by atoms with van der Waals surface area (Å²) in [6, 6.07) is 13.0. The van der Waals surface area contributed by atoms with Crippen LogP contribution in [0.25, 0.3) is 16.7 Å². The van der Waals surface area contributed by atoms with Crippen LogP contribution in [0.15, 0.2) is 66.6 Å². The van der Waals surface area contributed by atoms with Crippen molar-refractivity contribution in [2.45, 2.75) is 13.3 Å². The number of hydrogen-bond acceptors (Lipinski definition) is 10. The fourth-order valence-electron chi connectivity index (χ4n) is 4.38. The highest BCUT2D eigenvalue weighted by Crippen LogP contribution is 2.31. The summed E-state index contributed by atoms with van der Waals surface area (Å²) in [5, 5.41) is 14.8. The molecule has 196 valence electrons. The Balaban J connectivity index is 1.23. The number of likely N-dealkylation sites (N-methyl/N-ethyl adjacent to an activating group) is 1. The van der Waals surface area contributed by atoms with Gasteiger partial charge in [-0.2, -0.15) is 0 Å². The van der Waals surface area contributed by atoms with Crippen molar-refractivity contribution in [3.63, 3.8) is 0 Å². The molecule has 1 N–H and O–H groups in total. The molecule has 4 aromatic heterocycles. The minimum Gasteiger partial charge on any atom is -0.457 e. The molecule has 0 bridgehead atoms. The van der Waals surface area contributed by atoms with Crippen molar-refractivity contribution in [3.8, 4) is 11.5 Å². The van der Waals surface area contributed by atoms with Gasteiger partial charge in [-0.1, -0.05) is 6.08 Å². The Kier molecular flexibility index (Phi) is 6.29. The number of ether oxygens (including phenoxy) is 1. The molecule has 0 atom stereocenters. The minimum absolute atomic E-state index is 0.0132. The van der Waals surface area contributed by atoms with Crippen LogP contribution in [0, 0.1) is 6.92 Å². The van der Waals surface area contributed by atoms with Gasteiger partial charge in [0.15, 0.2) is 11.5 Å². The van der Waals surface area contributed by atoms with Crippen molar-refractivity contribution in [1.29, 1.82) is 0 Å². The van der Waals surface area contributed by atoms with E-state index >= 15 is 0 Å². The number of carbonyl (C=O) groups excluding carboxylic acids is 1. The van der Waals surface area contributed by atoms with Crippen LogP contribution >= 0.6 is 0 Å². The van der Waals surface area contributed by atoms with Gasteiger partial charge in [-0.05, 0) is 79.8 Å². The zero-order chi connectivity index (χ0) is 26.9. The second-order valence-electron chi connectivity index (χ2n) is 9.51. The van der Waals surface area contributed by atoms with Gasteiger partial charge in [-0.25, -0.2) is 19.5 Å². The van der Waals surface area contributed by atoms with Crippen molar-refractivity contribution >= 4 is 39.9 Å². The average Bonchev–Trinajstić information content (AvgIpc) is 3.55. The lowest BCUT2D eigenvalue weighted by molar-refractivity contribution is -0.114. The molecule has 0 saturated carbocycles. The Morgan fingerprint density at radius 2 is 2.03 bits per heavy atom. The number of carbonyl (C=O) groups is 1. The summed E-state index contributed by atoms with van der Waals surface area (Å²) in [4.78, 5) is 30.3. The number of aryl methyl sites for hydroxylation is 1. The van der Waals surface area contributed by atoms with E-state index in [2.05, 4.69) is 30.8 Å². The van der Waals surface area contributed by atoms with Crippen LogP contribution in [-0.2, 0) is 4.79 Å². The van der Waals surface area contributed by atoms with Gasteiger partial charge in [-0.15, -0.1) is 5.10 Å². The molecule has 1 aliphatic heterocycles. The molecule has 5 heterocycles. The molecule has 12 nitrogen and oxygen atoms in total. The molecule has 6 rings (SSSR count). The lowest BCUT2D eigenvalue weighted by Crippen LogP contribution is -2.25. The third kappa shape index (κ3) is 4.97. The van der Waals surface area contributed by atoms with Crippen molar-refractivity contribution in [1.82, 2.24) is 39.9 Å². The molecule has 12 heteroatoms. The third-order valence-electron chi connectivity index (χ3n) is 6.41. The Bertz CT molecular complexity index is 1730. The number of tetrazole rings is 1. The van der Waals surface area contributed by atoms with E-state index in [0.717, 1.165) is 23.4 Å². The van der Waals surface area contributed by atoms with Gasteiger partial charge >= 0.3 is 0 Å². The Labute approximate surface area is 224 Å². The number of aromatic nitrogens is 7. The number of pyridine rings is 2. The van der Waals surface area contributed by atoms with Gasteiger partial charge < -0.3 is 15.0 Å². The Morgan fingerprint density at radius 1 is 1.13 bits per heavy atom. The quantitative estimate of drug-likeness (QED) is 0.317. The van der Waals surface area contributed by atoms with E-state index in [-0.39, 0.29) is 5.91 Å². The normalized spacial score (nSPS) is 14.7. The average molecular weight is 523 g/mol. The predicted molar refractivity (Wildman–Crippen MR) is 146 cm³/mol. The second-order valence-corrected chi connectivity index (χ2v) is 9.51. The van der Waals surface area contributed by atoms with Gasteiger partial charge in [0.1, 0.15) is 29.2 Å². The lowest BCUT2D eigenvalue weighted by Gasteiger charge is -2.16. The predicted octanol–water partition coefficient (Wildman–Crippen LogP) is 3.53. The fourth-order valence-corrected chi connectivity index (χ4v) is 4.38. The highest BCUT2D eigenvalue weighted by Gasteiger charge is 2.28. The molecule has 1 amide bonds. The molecule has 39 heavy (non-hydrogen) atoms. The maximum absolute atomic E-state index is 13.0. The number of amides is 1. The van der Waals surface area contributed by atoms with Gasteiger partial charge in [0.05, 0.1) is 5.52 Å². The smallest absolute Gasteiger partial charge is 0.255 e. The van der Waals surface area contributed by atoms with Crippen LogP contribution in [0.4, 0.5) is 17.3 Å². The van der Waals surface area contributed by atoms with Gasteiger partial charge in [-0.3, -0.25) is 9.69 Å². The number of benzene rings is 1. The maximum Gasteiger partial charge on any atom is 0.255 e. The Hall–Kier alpha value is -4.97. The monoisotopic (exact) mass is 522 g/mol. The number of anilines is 3. The van der Waals surface area contributed by atoms with E-state index in [1.165, 1.54) is 6.33 Å². The van der Waals surface area contributed by atoms with Gasteiger partial charge in [0, 0.05) is 36.6 Å². The summed E-state index contributed by atoms with van der Waals surface area (Å²) in [6.07, 6.45) is 5.92. The molecule has 5 aromatic rings. The summed E-state index contributed by atoms with van der Waals surface area (Å²) in [5.41, 5.74) is 4.41. The lowest BCUT2D eigenvalue weighted by atomic mass is 10.2. The number of fused-ring (bicyclic) bond motifs is 2. The number of nitrogens with zero attached hydrogens (tertiary/aromatic N) is 9. The molecular formula is C27H26N10O2. The second kappa shape index (κ2) is 10.1. The zero-order valence-electron chi connectivity index (χ0n) is 21.7. The highest BCUT2D eigenvalue weighted by atomic mass is 16.5. The molecule has 1 saturated heterocycles. The summed E-state index contributed by atoms with van der Waals surface area (Å²) >= 11 is 0. The van der Waals surface area contributed by atoms with E-state index in [1.54, 1.807) is 27.7 Å². The maximum atomic E-state index is 13.0. The van der Waals surface area contributed by atoms with Crippen LogP contribution < -0.4 is 15.0 Å². The van der Waals surface area contributed by atoms with Crippen LogP contribution in [0.5, 0.6) is 11.5 Å². The SMILES string of the molecule is Cc1cc(Nc2ncnc3ccc(N4CC/C(=C\CN(C)C)C4=O)nc23)ccc1Oc1ccn2nnnc2c1. The molecular weight excluding hydrogens is 496 g/mol. The summed E-state index contributed by atoms with van der Waals surface area (Å²) in [6.45, 7) is 3.28. The third-order valence-corrected chi connectivity index (χ3v) is 6.41. The van der Waals surface area contributed by atoms with E-state index in [1.807, 2.05) is 62.3 Å². The molecule has 1 aromatic carbocycles. The minimum atomic E-state index is -0.0132. The van der Waals surface area contributed by atoms with E-state index in [4.69, 9.17) is 9.72 Å². The van der Waals surface area contributed by atoms with Crippen LogP contribution in [0.1, 0.15) is 12.0 Å². The number of hydrogen-bond donors (Lipinski definition) is 1.